The second kappa shape index (κ2) is 4.94. The summed E-state index contributed by atoms with van der Waals surface area (Å²) >= 11 is 6.01. The van der Waals surface area contributed by atoms with Crippen molar-refractivity contribution in [3.8, 4) is 0 Å². The van der Waals surface area contributed by atoms with Crippen molar-refractivity contribution in [1.29, 1.82) is 0 Å². The third kappa shape index (κ3) is 2.18. The normalized spacial score (nSPS) is 23.2. The van der Waals surface area contributed by atoms with E-state index in [9.17, 15) is 18.3 Å². The Kier molecular flexibility index (Phi) is 3.42. The van der Waals surface area contributed by atoms with Crippen LogP contribution in [-0.2, 0) is 14.8 Å². The number of hydrogen-bond donors (Lipinski definition) is 1. The molecule has 2 aromatic heterocycles. The van der Waals surface area contributed by atoms with E-state index in [1.807, 2.05) is 0 Å². The Bertz CT molecular complexity index is 863. The molecule has 22 heavy (non-hydrogen) atoms. The van der Waals surface area contributed by atoms with Crippen molar-refractivity contribution < 1.29 is 18.3 Å². The molecule has 9 heteroatoms. The first kappa shape index (κ1) is 15.3. The van der Waals surface area contributed by atoms with Crippen LogP contribution >= 0.6 is 11.6 Å². The van der Waals surface area contributed by atoms with Crippen LogP contribution in [0.25, 0.3) is 5.65 Å². The molecule has 1 aliphatic rings. The maximum atomic E-state index is 12.8. The molecule has 7 nitrogen and oxygen atoms in total. The highest BCUT2D eigenvalue weighted by molar-refractivity contribution is 7.89. The minimum absolute atomic E-state index is 0.0823. The first-order chi connectivity index (χ1) is 10.3. The van der Waals surface area contributed by atoms with Gasteiger partial charge in [-0.2, -0.15) is 4.31 Å². The van der Waals surface area contributed by atoms with E-state index in [1.165, 1.54) is 4.40 Å². The smallest absolute Gasteiger partial charge is 0.310 e. The molecule has 0 bridgehead atoms. The number of carboxylic acid groups (broad SMARTS) is 1. The average molecular weight is 344 g/mol. The Balaban J connectivity index is 2.07. The highest BCUT2D eigenvalue weighted by Crippen LogP contribution is 2.35. The van der Waals surface area contributed by atoms with Crippen LogP contribution in [0.15, 0.2) is 29.4 Å². The molecule has 0 spiro atoms. The lowest BCUT2D eigenvalue weighted by Crippen LogP contribution is -2.35. The van der Waals surface area contributed by atoms with E-state index in [2.05, 4.69) is 4.98 Å². The largest absolute Gasteiger partial charge is 0.481 e. The van der Waals surface area contributed by atoms with Crippen LogP contribution in [0.2, 0.25) is 5.15 Å². The van der Waals surface area contributed by atoms with E-state index in [1.54, 1.807) is 31.3 Å². The average Bonchev–Trinajstić information content (AvgIpc) is 3.00. The number of aliphatic carboxylic acids is 1. The molecule has 0 amide bonds. The molecule has 0 radical (unpaired) electrons. The zero-order valence-corrected chi connectivity index (χ0v) is 13.3. The van der Waals surface area contributed by atoms with Gasteiger partial charge in [0.1, 0.15) is 5.65 Å². The molecule has 1 saturated heterocycles. The molecule has 118 valence electrons. The molecule has 0 aromatic carbocycles. The van der Waals surface area contributed by atoms with Crippen molar-refractivity contribution in [2.24, 2.45) is 5.41 Å². The molecule has 1 unspecified atom stereocenters. The molecule has 3 rings (SSSR count). The number of aromatic nitrogens is 2. The second-order valence-corrected chi connectivity index (χ2v) is 7.80. The van der Waals surface area contributed by atoms with Crippen molar-refractivity contribution in [3.63, 3.8) is 0 Å². The predicted octanol–water partition coefficient (Wildman–Crippen LogP) is 1.47. The van der Waals surface area contributed by atoms with Gasteiger partial charge in [0.05, 0.1) is 5.41 Å². The summed E-state index contributed by atoms with van der Waals surface area (Å²) in [6.07, 6.45) is 1.82. The second-order valence-electron chi connectivity index (χ2n) is 5.59. The van der Waals surface area contributed by atoms with Gasteiger partial charge in [0.2, 0.25) is 0 Å². The van der Waals surface area contributed by atoms with Crippen LogP contribution < -0.4 is 0 Å². The topological polar surface area (TPSA) is 92.0 Å². The fourth-order valence-corrected chi connectivity index (χ4v) is 4.76. The number of pyridine rings is 1. The zero-order valence-electron chi connectivity index (χ0n) is 11.7. The van der Waals surface area contributed by atoms with Crippen molar-refractivity contribution >= 4 is 33.2 Å². The van der Waals surface area contributed by atoms with E-state index in [4.69, 9.17) is 11.6 Å². The van der Waals surface area contributed by atoms with E-state index >= 15 is 0 Å². The van der Waals surface area contributed by atoms with Gasteiger partial charge in [0.25, 0.3) is 10.0 Å². The Morgan fingerprint density at radius 3 is 2.82 bits per heavy atom. The van der Waals surface area contributed by atoms with Gasteiger partial charge in [0, 0.05) is 19.3 Å². The molecule has 0 aliphatic carbocycles. The summed E-state index contributed by atoms with van der Waals surface area (Å²) in [5.41, 5.74) is -0.661. The van der Waals surface area contributed by atoms with Crippen LogP contribution in [0.4, 0.5) is 0 Å². The number of rotatable bonds is 3. The summed E-state index contributed by atoms with van der Waals surface area (Å²) in [6.45, 7) is 1.60. The van der Waals surface area contributed by atoms with Gasteiger partial charge >= 0.3 is 5.97 Å². The van der Waals surface area contributed by atoms with Gasteiger partial charge in [-0.05, 0) is 25.5 Å². The van der Waals surface area contributed by atoms with Crippen molar-refractivity contribution in [2.75, 3.05) is 13.1 Å². The van der Waals surface area contributed by atoms with E-state index < -0.39 is 21.4 Å². The first-order valence-corrected chi connectivity index (χ1v) is 8.44. The lowest BCUT2D eigenvalue weighted by atomic mass is 9.90. The molecule has 1 aliphatic heterocycles. The van der Waals surface area contributed by atoms with Gasteiger partial charge < -0.3 is 5.11 Å². The molecule has 1 fully saturated rings. The summed E-state index contributed by atoms with van der Waals surface area (Å²) in [7, 11) is -3.92. The van der Waals surface area contributed by atoms with Crippen LogP contribution in [0.1, 0.15) is 13.3 Å². The van der Waals surface area contributed by atoms with Gasteiger partial charge in [-0.25, -0.2) is 13.4 Å². The standard InChI is InChI=1S/C13H14ClN3O4S/c1-13(12(18)19)5-7-16(8-13)22(20,21)11-10(14)15-9-4-2-3-6-17(9)11/h2-4,6H,5,7-8H2,1H3,(H,18,19). The van der Waals surface area contributed by atoms with Gasteiger partial charge in [-0.15, -0.1) is 0 Å². The fraction of sp³-hybridized carbons (Fsp3) is 0.385. The molecular formula is C13H14ClN3O4S. The number of nitrogens with zero attached hydrogens (tertiary/aromatic N) is 3. The highest BCUT2D eigenvalue weighted by atomic mass is 35.5. The Morgan fingerprint density at radius 2 is 2.18 bits per heavy atom. The number of carbonyl (C=O) groups is 1. The minimum atomic E-state index is -3.92. The van der Waals surface area contributed by atoms with Crippen molar-refractivity contribution in [2.45, 2.75) is 18.4 Å². The SMILES string of the molecule is CC1(C(=O)O)CCN(S(=O)(=O)c2c(Cl)nc3ccccn23)C1. The molecule has 2 aromatic rings. The molecule has 1 N–H and O–H groups in total. The maximum Gasteiger partial charge on any atom is 0.310 e. The number of sulfonamides is 1. The van der Waals surface area contributed by atoms with E-state index in [-0.39, 0.29) is 29.7 Å². The lowest BCUT2D eigenvalue weighted by molar-refractivity contribution is -0.146. The fourth-order valence-electron chi connectivity index (χ4n) is 2.60. The molecular weight excluding hydrogens is 330 g/mol. The number of hydrogen-bond acceptors (Lipinski definition) is 4. The number of halogens is 1. The predicted molar refractivity (Wildman–Crippen MR) is 79.3 cm³/mol. The third-order valence-electron chi connectivity index (χ3n) is 3.99. The number of imidazole rings is 1. The van der Waals surface area contributed by atoms with E-state index in [0.717, 1.165) is 4.31 Å². The Labute approximate surface area is 132 Å². The van der Waals surface area contributed by atoms with Crippen molar-refractivity contribution in [3.05, 3.63) is 29.5 Å². The van der Waals surface area contributed by atoms with Crippen LogP contribution in [0, 0.1) is 5.41 Å². The summed E-state index contributed by atoms with van der Waals surface area (Å²) in [5, 5.41) is 9.01. The summed E-state index contributed by atoms with van der Waals surface area (Å²) in [6, 6.07) is 5.05. The van der Waals surface area contributed by atoms with Gasteiger partial charge in [-0.3, -0.25) is 9.20 Å². The summed E-state index contributed by atoms with van der Waals surface area (Å²) < 4.78 is 28.2. The van der Waals surface area contributed by atoms with Gasteiger partial charge in [-0.1, -0.05) is 17.7 Å². The molecule has 1 atom stereocenters. The monoisotopic (exact) mass is 343 g/mol. The van der Waals surface area contributed by atoms with E-state index in [0.29, 0.717) is 5.65 Å². The van der Waals surface area contributed by atoms with Crippen LogP contribution in [-0.4, -0.2) is 46.3 Å². The Hall–Kier alpha value is -1.64. The highest BCUT2D eigenvalue weighted by Gasteiger charge is 2.46. The first-order valence-electron chi connectivity index (χ1n) is 6.62. The minimum Gasteiger partial charge on any atom is -0.481 e. The third-order valence-corrected chi connectivity index (χ3v) is 6.23. The van der Waals surface area contributed by atoms with Crippen LogP contribution in [0.5, 0.6) is 0 Å². The number of carboxylic acids is 1. The lowest BCUT2D eigenvalue weighted by Gasteiger charge is -2.19. The van der Waals surface area contributed by atoms with Crippen LogP contribution in [0.3, 0.4) is 0 Å². The molecule has 3 heterocycles. The molecule has 0 saturated carbocycles. The maximum absolute atomic E-state index is 12.8. The quantitative estimate of drug-likeness (QED) is 0.911. The van der Waals surface area contributed by atoms with Gasteiger partial charge in [0.15, 0.2) is 10.2 Å². The Morgan fingerprint density at radius 1 is 1.45 bits per heavy atom. The summed E-state index contributed by atoms with van der Waals surface area (Å²) in [4.78, 5) is 15.3. The summed E-state index contributed by atoms with van der Waals surface area (Å²) in [5.74, 6) is -1.01. The number of fused-ring (bicyclic) bond motifs is 1. The zero-order chi connectivity index (χ0) is 16.1. The van der Waals surface area contributed by atoms with Crippen molar-refractivity contribution in [1.82, 2.24) is 13.7 Å².